The summed E-state index contributed by atoms with van der Waals surface area (Å²) in [6.07, 6.45) is 4.98. The van der Waals surface area contributed by atoms with E-state index < -0.39 is 0 Å². The molecule has 2 aliphatic heterocycles. The average Bonchev–Trinajstić information content (AvgIpc) is 3.15. The zero-order valence-corrected chi connectivity index (χ0v) is 32.1. The van der Waals surface area contributed by atoms with Gasteiger partial charge in [-0.1, -0.05) is 113 Å². The minimum Gasteiger partial charge on any atom is -0.503 e. The SMILES string of the molecule is CC(C)(C)c1ccnc(-c2[c-]ccc3c2Oc2cccc4c2B3c2ccccc2O4)c1.Cc1c[c-]c(-c2[c-]nc(C)c(-c3ccccc3)c2)cc1.[Ir+3]. The van der Waals surface area contributed by atoms with Crippen LogP contribution in [-0.4, -0.2) is 16.7 Å². The van der Waals surface area contributed by atoms with Gasteiger partial charge in [0.15, 0.2) is 0 Å². The van der Waals surface area contributed by atoms with E-state index in [9.17, 15) is 0 Å². The number of fused-ring (bicyclic) bond motifs is 4. The third-order valence-electron chi connectivity index (χ3n) is 9.52. The quantitative estimate of drug-likeness (QED) is 0.132. The van der Waals surface area contributed by atoms with Gasteiger partial charge in [-0.05, 0) is 57.7 Å². The summed E-state index contributed by atoms with van der Waals surface area (Å²) in [5.74, 6) is 3.41. The molecule has 52 heavy (non-hydrogen) atoms. The Hall–Kier alpha value is -5.29. The largest absolute Gasteiger partial charge is 3.00 e. The molecule has 254 valence electrons. The summed E-state index contributed by atoms with van der Waals surface area (Å²) >= 11 is 0. The van der Waals surface area contributed by atoms with Crippen molar-refractivity contribution in [3.63, 3.8) is 0 Å². The van der Waals surface area contributed by atoms with Crippen LogP contribution in [0.3, 0.4) is 0 Å². The molecule has 0 radical (unpaired) electrons. The molecule has 0 fully saturated rings. The van der Waals surface area contributed by atoms with Crippen molar-refractivity contribution in [3.8, 4) is 56.5 Å². The third-order valence-corrected chi connectivity index (χ3v) is 9.52. The van der Waals surface area contributed by atoms with Gasteiger partial charge in [0.2, 0.25) is 6.71 Å². The molecule has 0 atom stereocenters. The molecule has 0 saturated carbocycles. The van der Waals surface area contributed by atoms with Crippen LogP contribution in [-0.2, 0) is 25.5 Å². The van der Waals surface area contributed by atoms with Crippen molar-refractivity contribution in [1.82, 2.24) is 9.97 Å². The standard InChI is InChI=1S/C27H21BNO2.C19H15N.Ir/c1-27(2,3)17-14-15-29-21(16-17)18-8-6-10-20-26(18)31-24-13-7-12-23-25(24)28(20)19-9-4-5-11-22(19)30-23;1-14-8-10-16(11-9-14)18-12-19(15(2)20-13-18)17-6-4-3-5-7-17;/h4-7,9-16H,1-3H3;3-10,12H,1-2H3;/q-1;-2;+3. The van der Waals surface area contributed by atoms with Crippen molar-refractivity contribution in [2.24, 2.45) is 0 Å². The summed E-state index contributed by atoms with van der Waals surface area (Å²) in [7, 11) is 0. The Kier molecular flexibility index (Phi) is 9.72. The van der Waals surface area contributed by atoms with Gasteiger partial charge >= 0.3 is 20.1 Å². The van der Waals surface area contributed by atoms with Gasteiger partial charge in [0.05, 0.1) is 0 Å². The van der Waals surface area contributed by atoms with Gasteiger partial charge in [0.25, 0.3) is 0 Å². The molecule has 0 unspecified atom stereocenters. The van der Waals surface area contributed by atoms with Crippen LogP contribution in [0.2, 0.25) is 0 Å². The number of benzene rings is 5. The normalized spacial score (nSPS) is 12.1. The van der Waals surface area contributed by atoms with Gasteiger partial charge in [0, 0.05) is 17.4 Å². The van der Waals surface area contributed by atoms with Crippen LogP contribution in [0.4, 0.5) is 0 Å². The second-order valence-corrected chi connectivity index (χ2v) is 14.1. The molecule has 6 heteroatoms. The van der Waals surface area contributed by atoms with Crippen LogP contribution in [0.5, 0.6) is 23.0 Å². The van der Waals surface area contributed by atoms with Gasteiger partial charge in [-0.2, -0.15) is 30.3 Å². The predicted octanol–water partition coefficient (Wildman–Crippen LogP) is 9.20. The van der Waals surface area contributed by atoms with Gasteiger partial charge in [-0.15, -0.1) is 29.2 Å². The van der Waals surface area contributed by atoms with Crippen LogP contribution in [0, 0.1) is 32.2 Å². The fourth-order valence-electron chi connectivity index (χ4n) is 6.77. The summed E-state index contributed by atoms with van der Waals surface area (Å²) in [4.78, 5) is 9.09. The molecular weight excluding hydrogens is 816 g/mol. The molecule has 5 aromatic carbocycles. The molecule has 0 saturated heterocycles. The second-order valence-electron chi connectivity index (χ2n) is 14.1. The first-order valence-electron chi connectivity index (χ1n) is 17.3. The maximum Gasteiger partial charge on any atom is 3.00 e. The zero-order chi connectivity index (χ0) is 35.1. The average molecular weight is 852 g/mol. The van der Waals surface area contributed by atoms with Crippen LogP contribution in [0.25, 0.3) is 33.5 Å². The van der Waals surface area contributed by atoms with Gasteiger partial charge < -0.3 is 19.4 Å². The first kappa shape index (κ1) is 35.1. The van der Waals surface area contributed by atoms with E-state index in [0.717, 1.165) is 73.0 Å². The van der Waals surface area contributed by atoms with Crippen molar-refractivity contribution >= 4 is 23.1 Å². The molecule has 0 amide bonds. The Morgan fingerprint density at radius 3 is 2.21 bits per heavy atom. The van der Waals surface area contributed by atoms with Crippen molar-refractivity contribution in [3.05, 3.63) is 163 Å². The van der Waals surface area contributed by atoms with Crippen LogP contribution < -0.4 is 25.9 Å². The monoisotopic (exact) mass is 852 g/mol. The number of hydrogen-bond acceptors (Lipinski definition) is 4. The van der Waals surface area contributed by atoms with E-state index in [1.165, 1.54) is 16.7 Å². The summed E-state index contributed by atoms with van der Waals surface area (Å²) in [5.41, 5.74) is 12.9. The summed E-state index contributed by atoms with van der Waals surface area (Å²) in [6, 6.07) is 47.9. The number of hydrogen-bond donors (Lipinski definition) is 0. The maximum absolute atomic E-state index is 6.50. The molecule has 0 N–H and O–H groups in total. The van der Waals surface area contributed by atoms with E-state index in [1.807, 2.05) is 73.8 Å². The van der Waals surface area contributed by atoms with Crippen molar-refractivity contribution in [2.45, 2.75) is 40.0 Å². The van der Waals surface area contributed by atoms with Crippen molar-refractivity contribution < 1.29 is 29.6 Å². The third kappa shape index (κ3) is 6.73. The van der Waals surface area contributed by atoms with E-state index in [1.54, 1.807) is 0 Å². The van der Waals surface area contributed by atoms with Crippen LogP contribution in [0.1, 0.15) is 37.6 Å². The predicted molar refractivity (Wildman–Crippen MR) is 207 cm³/mol. The van der Waals surface area contributed by atoms with Crippen LogP contribution >= 0.6 is 0 Å². The fourth-order valence-corrected chi connectivity index (χ4v) is 6.77. The minimum absolute atomic E-state index is 0. The number of pyridine rings is 2. The topological polar surface area (TPSA) is 44.2 Å². The number of aromatic nitrogens is 2. The molecule has 4 nitrogen and oxygen atoms in total. The molecule has 7 aromatic rings. The smallest absolute Gasteiger partial charge is 0.503 e. The molecule has 2 aliphatic rings. The van der Waals surface area contributed by atoms with Crippen molar-refractivity contribution in [2.75, 3.05) is 0 Å². The molecule has 9 rings (SSSR count). The molecule has 4 heterocycles. The molecule has 0 spiro atoms. The van der Waals surface area contributed by atoms with E-state index >= 15 is 0 Å². The second kappa shape index (κ2) is 14.4. The van der Waals surface area contributed by atoms with E-state index in [-0.39, 0.29) is 32.2 Å². The Bertz CT molecular complexity index is 2390. The van der Waals surface area contributed by atoms with Gasteiger partial charge in [-0.25, -0.2) is 11.1 Å². The number of para-hydroxylation sites is 1. The summed E-state index contributed by atoms with van der Waals surface area (Å²) < 4.78 is 12.7. The first-order chi connectivity index (χ1) is 24.7. The Morgan fingerprint density at radius 1 is 0.692 bits per heavy atom. The fraction of sp³-hybridized carbons (Fsp3) is 0.130. The van der Waals surface area contributed by atoms with E-state index in [2.05, 4.69) is 117 Å². The Balaban J connectivity index is 0.000000174. The van der Waals surface area contributed by atoms with E-state index in [0.29, 0.717) is 0 Å². The molecule has 2 aromatic heterocycles. The van der Waals surface area contributed by atoms with Gasteiger partial charge in [-0.3, -0.25) is 0 Å². The summed E-state index contributed by atoms with van der Waals surface area (Å²) in [6.45, 7) is 10.8. The number of rotatable bonds is 3. The molecule has 0 bridgehead atoms. The molecular formula is C46H36BIrN2O2. The number of ether oxygens (including phenoxy) is 2. The Labute approximate surface area is 320 Å². The summed E-state index contributed by atoms with van der Waals surface area (Å²) in [5, 5.41) is 0. The molecule has 0 aliphatic carbocycles. The van der Waals surface area contributed by atoms with Crippen molar-refractivity contribution in [1.29, 1.82) is 0 Å². The minimum atomic E-state index is 0. The van der Waals surface area contributed by atoms with Gasteiger partial charge in [0.1, 0.15) is 17.2 Å². The van der Waals surface area contributed by atoms with Crippen LogP contribution in [0.15, 0.2) is 128 Å². The zero-order valence-electron chi connectivity index (χ0n) is 29.7. The number of nitrogens with zero attached hydrogens (tertiary/aromatic N) is 2. The maximum atomic E-state index is 6.50. The van der Waals surface area contributed by atoms with E-state index in [4.69, 9.17) is 9.47 Å². The Morgan fingerprint density at radius 2 is 1.44 bits per heavy atom. The first-order valence-corrected chi connectivity index (χ1v) is 17.3. The number of aryl methyl sites for hydroxylation is 2.